The van der Waals surface area contributed by atoms with E-state index in [0.29, 0.717) is 16.2 Å². The Morgan fingerprint density at radius 3 is 2.45 bits per heavy atom. The summed E-state index contributed by atoms with van der Waals surface area (Å²) in [4.78, 5) is 23.2. The van der Waals surface area contributed by atoms with Crippen LogP contribution in [0.4, 0.5) is 0 Å². The van der Waals surface area contributed by atoms with Gasteiger partial charge in [-0.1, -0.05) is 11.6 Å². The first-order chi connectivity index (χ1) is 9.51. The molecule has 1 aromatic heterocycles. The first-order valence-electron chi connectivity index (χ1n) is 5.71. The maximum Gasteiger partial charge on any atom is 0.358 e. The molecular weight excluding hydrogens is 320 g/mol. The lowest BCUT2D eigenvalue weighted by Gasteiger charge is -2.12. The molecule has 0 aromatic carbocycles. The van der Waals surface area contributed by atoms with Gasteiger partial charge in [0.15, 0.2) is 12.0 Å². The monoisotopic (exact) mass is 334 g/mol. The van der Waals surface area contributed by atoms with Crippen LogP contribution < -0.4 is 0 Å². The van der Waals surface area contributed by atoms with Gasteiger partial charge in [0.25, 0.3) is 0 Å². The van der Waals surface area contributed by atoms with Crippen LogP contribution in [0.1, 0.15) is 23.0 Å². The van der Waals surface area contributed by atoms with E-state index in [0.717, 1.165) is 0 Å². The second-order valence-electron chi connectivity index (χ2n) is 3.58. The average molecular weight is 335 g/mol. The van der Waals surface area contributed by atoms with E-state index < -0.39 is 5.97 Å². The van der Waals surface area contributed by atoms with Crippen LogP contribution in [0.5, 0.6) is 0 Å². The highest BCUT2D eigenvalue weighted by molar-refractivity contribution is 8.22. The van der Waals surface area contributed by atoms with Gasteiger partial charge in [0, 0.05) is 0 Å². The van der Waals surface area contributed by atoms with Gasteiger partial charge in [0.1, 0.15) is 5.15 Å². The largest absolute Gasteiger partial charge is 0.461 e. The molecule has 0 bridgehead atoms. The molecule has 0 aliphatic rings. The molecule has 0 spiro atoms. The van der Waals surface area contributed by atoms with Crippen molar-refractivity contribution in [3.05, 3.63) is 20.6 Å². The Kier molecular flexibility index (Phi) is 6.64. The number of hydrogen-bond donors (Lipinski definition) is 0. The van der Waals surface area contributed by atoms with E-state index in [1.54, 1.807) is 13.8 Å². The number of aldehydes is 1. The van der Waals surface area contributed by atoms with Gasteiger partial charge < -0.3 is 4.74 Å². The van der Waals surface area contributed by atoms with Gasteiger partial charge in [-0.15, -0.1) is 23.5 Å². The molecule has 0 aliphatic heterocycles. The topological polar surface area (TPSA) is 61.2 Å². The summed E-state index contributed by atoms with van der Waals surface area (Å²) in [5.74, 6) is -0.520. The Balaban J connectivity index is 3.50. The highest BCUT2D eigenvalue weighted by Crippen LogP contribution is 2.33. The van der Waals surface area contributed by atoms with Crippen LogP contribution in [-0.2, 0) is 9.53 Å². The summed E-state index contributed by atoms with van der Waals surface area (Å²) < 4.78 is 7.03. The molecule has 5 nitrogen and oxygen atoms in total. The molecule has 1 rings (SSSR count). The predicted molar refractivity (Wildman–Crippen MR) is 84.2 cm³/mol. The Bertz CT molecular complexity index is 549. The van der Waals surface area contributed by atoms with Crippen molar-refractivity contribution in [2.75, 3.05) is 19.1 Å². The molecule has 0 atom stereocenters. The molecule has 0 aliphatic carbocycles. The number of aromatic nitrogens is 2. The zero-order chi connectivity index (χ0) is 15.3. The minimum absolute atomic E-state index is 0.112. The van der Waals surface area contributed by atoms with Gasteiger partial charge in [-0.05, 0) is 26.4 Å². The molecule has 0 N–H and O–H groups in total. The number of thioether (sulfide) groups is 2. The fourth-order valence-electron chi connectivity index (χ4n) is 1.53. The van der Waals surface area contributed by atoms with Gasteiger partial charge in [0.05, 0.1) is 22.1 Å². The summed E-state index contributed by atoms with van der Waals surface area (Å²) in [5.41, 5.74) is 0.969. The number of carbonyl (C=O) groups excluding carboxylic acids is 2. The number of ether oxygens (including phenoxy) is 1. The smallest absolute Gasteiger partial charge is 0.358 e. The fourth-order valence-corrected chi connectivity index (χ4v) is 3.22. The van der Waals surface area contributed by atoms with Crippen LogP contribution in [-0.4, -0.2) is 41.2 Å². The fraction of sp³-hybridized carbons (Fsp3) is 0.417. The molecule has 20 heavy (non-hydrogen) atoms. The lowest BCUT2D eigenvalue weighted by Crippen LogP contribution is -2.15. The van der Waals surface area contributed by atoms with Crippen molar-refractivity contribution in [2.24, 2.45) is 0 Å². The summed E-state index contributed by atoms with van der Waals surface area (Å²) >= 11 is 8.92. The SMILES string of the molecule is CCOC(=O)C(=C(SC)SC)n1nc(C)c(C=O)c1Cl. The van der Waals surface area contributed by atoms with Crippen molar-refractivity contribution >= 4 is 53.1 Å². The highest BCUT2D eigenvalue weighted by Gasteiger charge is 2.24. The number of nitrogens with zero attached hydrogens (tertiary/aromatic N) is 2. The van der Waals surface area contributed by atoms with Crippen molar-refractivity contribution in [1.82, 2.24) is 9.78 Å². The summed E-state index contributed by atoms with van der Waals surface area (Å²) in [6.07, 6.45) is 4.31. The zero-order valence-corrected chi connectivity index (χ0v) is 14.0. The van der Waals surface area contributed by atoms with E-state index in [1.807, 2.05) is 12.5 Å². The van der Waals surface area contributed by atoms with Crippen LogP contribution in [0.25, 0.3) is 5.70 Å². The van der Waals surface area contributed by atoms with E-state index in [9.17, 15) is 9.59 Å². The summed E-state index contributed by atoms with van der Waals surface area (Å²) in [6.45, 7) is 3.63. The molecule has 110 valence electrons. The maximum absolute atomic E-state index is 12.1. The van der Waals surface area contributed by atoms with Crippen LogP contribution in [0.15, 0.2) is 4.24 Å². The van der Waals surface area contributed by atoms with Gasteiger partial charge in [0.2, 0.25) is 0 Å². The van der Waals surface area contributed by atoms with Gasteiger partial charge in [-0.25, -0.2) is 9.48 Å². The Morgan fingerprint density at radius 2 is 2.05 bits per heavy atom. The van der Waals surface area contributed by atoms with Gasteiger partial charge in [-0.2, -0.15) is 5.10 Å². The molecule has 1 aromatic rings. The van der Waals surface area contributed by atoms with E-state index in [2.05, 4.69) is 5.10 Å². The van der Waals surface area contributed by atoms with Crippen LogP contribution in [0, 0.1) is 6.92 Å². The number of esters is 1. The lowest BCUT2D eigenvalue weighted by atomic mass is 10.3. The molecular formula is C12H15ClN2O3S2. The third-order valence-corrected chi connectivity index (χ3v) is 4.90. The van der Waals surface area contributed by atoms with E-state index in [1.165, 1.54) is 28.2 Å². The van der Waals surface area contributed by atoms with Crippen LogP contribution >= 0.6 is 35.1 Å². The van der Waals surface area contributed by atoms with Crippen molar-refractivity contribution in [1.29, 1.82) is 0 Å². The van der Waals surface area contributed by atoms with Gasteiger partial charge in [-0.3, -0.25) is 4.79 Å². The van der Waals surface area contributed by atoms with Crippen LogP contribution in [0.3, 0.4) is 0 Å². The molecule has 0 saturated heterocycles. The minimum Gasteiger partial charge on any atom is -0.461 e. The van der Waals surface area contributed by atoms with Crippen LogP contribution in [0.2, 0.25) is 5.15 Å². The second kappa shape index (κ2) is 7.75. The van der Waals surface area contributed by atoms with Crippen molar-refractivity contribution in [3.63, 3.8) is 0 Å². The molecule has 0 amide bonds. The minimum atomic E-state index is -0.520. The summed E-state index contributed by atoms with van der Waals surface area (Å²) in [7, 11) is 0. The molecule has 0 radical (unpaired) electrons. The number of rotatable bonds is 6. The normalized spacial score (nSPS) is 10.2. The zero-order valence-electron chi connectivity index (χ0n) is 11.6. The molecule has 8 heteroatoms. The third kappa shape index (κ3) is 3.39. The Morgan fingerprint density at radius 1 is 1.45 bits per heavy atom. The Labute approximate surface area is 131 Å². The molecule has 1 heterocycles. The second-order valence-corrected chi connectivity index (χ2v) is 5.83. The predicted octanol–water partition coefficient (Wildman–Crippen LogP) is 3.07. The molecule has 0 unspecified atom stereocenters. The van der Waals surface area contributed by atoms with E-state index in [4.69, 9.17) is 16.3 Å². The first-order valence-corrected chi connectivity index (χ1v) is 8.54. The first kappa shape index (κ1) is 17.1. The highest BCUT2D eigenvalue weighted by atomic mass is 35.5. The number of aryl methyl sites for hydroxylation is 1. The number of carbonyl (C=O) groups is 2. The molecule has 0 fully saturated rings. The summed E-state index contributed by atoms with van der Waals surface area (Å²) in [5, 5.41) is 4.28. The standard InChI is InChI=1S/C12H15ClN2O3S2/c1-5-18-11(17)9(12(19-3)20-4)15-10(13)8(6-16)7(2)14-15/h6H,5H2,1-4H3. The van der Waals surface area contributed by atoms with Gasteiger partial charge >= 0.3 is 5.97 Å². The average Bonchev–Trinajstić information content (AvgIpc) is 2.70. The van der Waals surface area contributed by atoms with Crippen molar-refractivity contribution in [2.45, 2.75) is 13.8 Å². The number of halogens is 1. The molecule has 0 saturated carbocycles. The number of hydrogen-bond acceptors (Lipinski definition) is 6. The van der Waals surface area contributed by atoms with Crippen molar-refractivity contribution < 1.29 is 14.3 Å². The maximum atomic E-state index is 12.1. The van der Waals surface area contributed by atoms with E-state index in [-0.39, 0.29) is 23.0 Å². The van der Waals surface area contributed by atoms with E-state index >= 15 is 0 Å². The quantitative estimate of drug-likeness (QED) is 0.452. The summed E-state index contributed by atoms with van der Waals surface area (Å²) in [6, 6.07) is 0. The lowest BCUT2D eigenvalue weighted by molar-refractivity contribution is -0.136. The third-order valence-electron chi connectivity index (χ3n) is 2.41. The Hall–Kier alpha value is -0.920. The van der Waals surface area contributed by atoms with Crippen molar-refractivity contribution in [3.8, 4) is 0 Å².